The van der Waals surface area contributed by atoms with Crippen molar-refractivity contribution in [1.82, 2.24) is 5.06 Å². The summed E-state index contributed by atoms with van der Waals surface area (Å²) in [5, 5.41) is 4.11. The average Bonchev–Trinajstić information content (AvgIpc) is 2.74. The van der Waals surface area contributed by atoms with Crippen LogP contribution in [-0.2, 0) is 19.2 Å². The maximum atomic E-state index is 13.2. The monoisotopic (exact) mass is 452 g/mol. The van der Waals surface area contributed by atoms with Crippen molar-refractivity contribution < 1.29 is 28.8 Å². The van der Waals surface area contributed by atoms with E-state index < -0.39 is 17.1 Å². The molecule has 174 valence electrons. The van der Waals surface area contributed by atoms with Crippen LogP contribution in [0.4, 0.5) is 5.69 Å². The smallest absolute Gasteiger partial charge is 0.328 e. The molecule has 0 bridgehead atoms. The number of ketones is 2. The summed E-state index contributed by atoms with van der Waals surface area (Å²) < 4.78 is 5.34. The fourth-order valence-electron chi connectivity index (χ4n) is 3.53. The van der Waals surface area contributed by atoms with Gasteiger partial charge in [-0.2, -0.15) is 0 Å². The predicted octanol–water partition coefficient (Wildman–Crippen LogP) is 3.38. The van der Waals surface area contributed by atoms with E-state index in [1.807, 2.05) is 0 Å². The first kappa shape index (κ1) is 24.1. The molecular weight excluding hydrogens is 424 g/mol. The Bertz CT molecular complexity index is 1100. The van der Waals surface area contributed by atoms with Gasteiger partial charge in [0, 0.05) is 22.4 Å². The highest BCUT2D eigenvalue weighted by atomic mass is 16.7. The van der Waals surface area contributed by atoms with Gasteiger partial charge in [-0.1, -0.05) is 36.4 Å². The van der Waals surface area contributed by atoms with E-state index >= 15 is 0 Å². The number of nitrogens with zero attached hydrogens (tertiary/aromatic N) is 1. The summed E-state index contributed by atoms with van der Waals surface area (Å²) in [6, 6.07) is 11.8. The molecule has 1 N–H and O–H groups in total. The number of carbonyl (C=O) groups excluding carboxylic acids is 4. The van der Waals surface area contributed by atoms with Gasteiger partial charge in [0.05, 0.1) is 16.7 Å². The van der Waals surface area contributed by atoms with Crippen LogP contribution >= 0.6 is 0 Å². The first-order valence-electron chi connectivity index (χ1n) is 10.6. The molecule has 1 aliphatic rings. The zero-order valence-corrected chi connectivity index (χ0v) is 19.4. The number of benzene rings is 2. The van der Waals surface area contributed by atoms with E-state index in [0.29, 0.717) is 34.4 Å². The van der Waals surface area contributed by atoms with Crippen LogP contribution in [0.2, 0.25) is 0 Å². The molecule has 0 heterocycles. The largest absolute Gasteiger partial charge is 0.462 e. The number of carbonyl (C=O) groups is 4. The lowest BCUT2D eigenvalue weighted by Crippen LogP contribution is -2.41. The molecule has 0 saturated heterocycles. The Morgan fingerprint density at radius 1 is 0.939 bits per heavy atom. The summed E-state index contributed by atoms with van der Waals surface area (Å²) in [6.07, 6.45) is 0.423. The molecule has 0 aliphatic heterocycles. The number of esters is 1. The highest BCUT2D eigenvalue weighted by Crippen LogP contribution is 2.33. The van der Waals surface area contributed by atoms with E-state index in [2.05, 4.69) is 5.32 Å². The Morgan fingerprint density at radius 2 is 1.55 bits per heavy atom. The van der Waals surface area contributed by atoms with Gasteiger partial charge in [0.15, 0.2) is 11.6 Å². The van der Waals surface area contributed by atoms with Gasteiger partial charge in [0.25, 0.3) is 0 Å². The Morgan fingerprint density at radius 3 is 2.15 bits per heavy atom. The summed E-state index contributed by atoms with van der Waals surface area (Å²) >= 11 is 0. The molecule has 0 spiro atoms. The number of amides is 1. The highest BCUT2D eigenvalue weighted by molar-refractivity contribution is 6.30. The van der Waals surface area contributed by atoms with Crippen LogP contribution in [0.1, 0.15) is 66.5 Å². The number of anilines is 1. The molecule has 8 nitrogen and oxygen atoms in total. The van der Waals surface area contributed by atoms with E-state index in [9.17, 15) is 19.2 Å². The van der Waals surface area contributed by atoms with Gasteiger partial charge in [-0.3, -0.25) is 24.0 Å². The lowest BCUT2D eigenvalue weighted by atomic mass is 9.83. The first-order valence-corrected chi connectivity index (χ1v) is 10.6. The van der Waals surface area contributed by atoms with Gasteiger partial charge in [-0.25, -0.2) is 5.06 Å². The molecular formula is C25H28N2O6. The van der Waals surface area contributed by atoms with Gasteiger partial charge in [0.2, 0.25) is 6.41 Å². The summed E-state index contributed by atoms with van der Waals surface area (Å²) in [7, 11) is 0. The third kappa shape index (κ3) is 5.64. The molecule has 33 heavy (non-hydrogen) atoms. The minimum Gasteiger partial charge on any atom is -0.462 e. The molecule has 0 fully saturated rings. The lowest BCUT2D eigenvalue weighted by Gasteiger charge is -2.30. The molecule has 0 saturated carbocycles. The van der Waals surface area contributed by atoms with Gasteiger partial charge >= 0.3 is 5.97 Å². The molecule has 0 radical (unpaired) electrons. The quantitative estimate of drug-likeness (QED) is 0.318. The summed E-state index contributed by atoms with van der Waals surface area (Å²) in [4.78, 5) is 54.9. The molecule has 2 aromatic carbocycles. The number of hydrogen-bond donors (Lipinski definition) is 1. The van der Waals surface area contributed by atoms with Crippen LogP contribution < -0.4 is 5.32 Å². The van der Waals surface area contributed by atoms with Crippen molar-refractivity contribution in [3.05, 3.63) is 64.7 Å². The average molecular weight is 453 g/mol. The molecule has 0 aromatic heterocycles. The number of ether oxygens (including phenoxy) is 1. The predicted molar refractivity (Wildman–Crippen MR) is 122 cm³/mol. The molecule has 2 aromatic rings. The minimum absolute atomic E-state index is 0.0452. The normalized spacial score (nSPS) is 13.1. The maximum absolute atomic E-state index is 13.2. The SMILES string of the molecule is CC(C)(COC(=O)CN(C=O)OC(C)(C)C)Nc1cccc2c1C(=O)c1ccccc1C2=O. The minimum atomic E-state index is -0.776. The Kier molecular flexibility index (Phi) is 6.69. The molecule has 1 aliphatic carbocycles. The second kappa shape index (κ2) is 9.15. The molecule has 0 unspecified atom stereocenters. The van der Waals surface area contributed by atoms with Crippen LogP contribution in [0.5, 0.6) is 0 Å². The Labute approximate surface area is 192 Å². The second-order valence-corrected chi connectivity index (χ2v) is 9.49. The molecule has 8 heteroatoms. The van der Waals surface area contributed by atoms with Crippen LogP contribution in [0, 0.1) is 0 Å². The lowest BCUT2D eigenvalue weighted by molar-refractivity contribution is -0.219. The number of rotatable bonds is 8. The second-order valence-electron chi connectivity index (χ2n) is 9.49. The Hall–Kier alpha value is -3.52. The van der Waals surface area contributed by atoms with Crippen LogP contribution in [0.15, 0.2) is 42.5 Å². The summed E-state index contributed by atoms with van der Waals surface area (Å²) in [5.74, 6) is -1.09. The zero-order valence-electron chi connectivity index (χ0n) is 19.4. The summed E-state index contributed by atoms with van der Waals surface area (Å²) in [6.45, 7) is 8.46. The van der Waals surface area contributed by atoms with Crippen molar-refractivity contribution in [3.63, 3.8) is 0 Å². The van der Waals surface area contributed by atoms with Crippen molar-refractivity contribution >= 4 is 29.6 Å². The van der Waals surface area contributed by atoms with Gasteiger partial charge in [-0.05, 0) is 40.7 Å². The number of nitrogens with one attached hydrogen (secondary N) is 1. The van der Waals surface area contributed by atoms with Crippen LogP contribution in [0.25, 0.3) is 0 Å². The van der Waals surface area contributed by atoms with E-state index in [1.54, 1.807) is 77.1 Å². The van der Waals surface area contributed by atoms with Crippen LogP contribution in [0.3, 0.4) is 0 Å². The fourth-order valence-corrected chi connectivity index (χ4v) is 3.53. The number of hydrogen-bond acceptors (Lipinski definition) is 7. The number of fused-ring (bicyclic) bond motifs is 2. The van der Waals surface area contributed by atoms with Crippen molar-refractivity contribution in [2.24, 2.45) is 0 Å². The van der Waals surface area contributed by atoms with Gasteiger partial charge in [-0.15, -0.1) is 0 Å². The molecule has 1 amide bonds. The van der Waals surface area contributed by atoms with Gasteiger partial charge < -0.3 is 10.1 Å². The standard InChI is InChI=1S/C25H28N2O6/c1-24(2,3)33-27(15-28)13-20(29)32-14-25(4,5)26-19-12-8-11-18-21(19)23(31)17-10-7-6-9-16(17)22(18)30/h6-12,15,26H,13-14H2,1-5H3. The van der Waals surface area contributed by atoms with Crippen molar-refractivity contribution in [1.29, 1.82) is 0 Å². The third-order valence-electron chi connectivity index (χ3n) is 4.81. The Balaban J connectivity index is 1.72. The maximum Gasteiger partial charge on any atom is 0.328 e. The first-order chi connectivity index (χ1) is 15.4. The topological polar surface area (TPSA) is 102 Å². The van der Waals surface area contributed by atoms with E-state index in [-0.39, 0.29) is 24.7 Å². The van der Waals surface area contributed by atoms with E-state index in [0.717, 1.165) is 5.06 Å². The van der Waals surface area contributed by atoms with Crippen molar-refractivity contribution in [3.8, 4) is 0 Å². The summed E-state index contributed by atoms with van der Waals surface area (Å²) in [5.41, 5.74) is 0.438. The van der Waals surface area contributed by atoms with Crippen molar-refractivity contribution in [2.45, 2.75) is 45.8 Å². The van der Waals surface area contributed by atoms with Gasteiger partial charge in [0.1, 0.15) is 13.2 Å². The van der Waals surface area contributed by atoms with Crippen LogP contribution in [-0.4, -0.2) is 53.3 Å². The van der Waals surface area contributed by atoms with Crippen molar-refractivity contribution in [2.75, 3.05) is 18.5 Å². The fraction of sp³-hybridized carbons (Fsp3) is 0.360. The highest BCUT2D eigenvalue weighted by Gasteiger charge is 2.33. The van der Waals surface area contributed by atoms with E-state index in [1.165, 1.54) is 0 Å². The third-order valence-corrected chi connectivity index (χ3v) is 4.81. The molecule has 0 atom stereocenters. The molecule has 3 rings (SSSR count). The zero-order chi connectivity index (χ0) is 24.4. The number of hydroxylamine groups is 2. The van der Waals surface area contributed by atoms with E-state index in [4.69, 9.17) is 9.57 Å².